The predicted octanol–water partition coefficient (Wildman–Crippen LogP) is 2.36. The zero-order valence-corrected chi connectivity index (χ0v) is 8.50. The van der Waals surface area contributed by atoms with E-state index in [1.807, 2.05) is 0 Å². The highest BCUT2D eigenvalue weighted by molar-refractivity contribution is 5.58. The van der Waals surface area contributed by atoms with Gasteiger partial charge in [-0.25, -0.2) is 0 Å². The van der Waals surface area contributed by atoms with Crippen LogP contribution in [0.2, 0.25) is 0 Å². The van der Waals surface area contributed by atoms with Crippen LogP contribution in [0.15, 0.2) is 17.3 Å². The van der Waals surface area contributed by atoms with Crippen molar-refractivity contribution in [1.82, 2.24) is 0 Å². The summed E-state index contributed by atoms with van der Waals surface area (Å²) in [6, 6.07) is 0. The molecule has 1 heterocycles. The lowest BCUT2D eigenvalue weighted by Gasteiger charge is -2.24. The van der Waals surface area contributed by atoms with Crippen LogP contribution in [0.3, 0.4) is 0 Å². The number of hydrogen-bond donors (Lipinski definition) is 1. The van der Waals surface area contributed by atoms with Crippen LogP contribution in [0.25, 0.3) is 0 Å². The second kappa shape index (κ2) is 5.05. The molecule has 2 N–H and O–H groups in total. The Morgan fingerprint density at radius 3 is 3.08 bits per heavy atom. The van der Waals surface area contributed by atoms with Gasteiger partial charge in [0.1, 0.15) is 0 Å². The highest BCUT2D eigenvalue weighted by Crippen LogP contribution is 2.25. The number of nitrogens with zero attached hydrogens (tertiary/aromatic N) is 1. The van der Waals surface area contributed by atoms with Crippen molar-refractivity contribution < 1.29 is 0 Å². The SMILES string of the molecule is C=C(N)CCC(C)C1CC=NCC1. The minimum absolute atomic E-state index is 0.757. The molecule has 0 fully saturated rings. The van der Waals surface area contributed by atoms with Crippen molar-refractivity contribution in [3.8, 4) is 0 Å². The van der Waals surface area contributed by atoms with Crippen molar-refractivity contribution in [1.29, 1.82) is 0 Å². The number of allylic oxidation sites excluding steroid dienone is 1. The van der Waals surface area contributed by atoms with Crippen LogP contribution in [0.5, 0.6) is 0 Å². The second-order valence-corrected chi connectivity index (χ2v) is 4.05. The molecule has 0 aromatic heterocycles. The molecule has 2 atom stereocenters. The van der Waals surface area contributed by atoms with Gasteiger partial charge in [-0.1, -0.05) is 13.5 Å². The van der Waals surface area contributed by atoms with E-state index in [1.54, 1.807) is 0 Å². The Morgan fingerprint density at radius 1 is 1.77 bits per heavy atom. The molecule has 0 aromatic rings. The Balaban J connectivity index is 2.25. The standard InChI is InChI=1S/C11H20N2/c1-9(3-4-10(2)12)11-5-7-13-8-6-11/h7,9,11H,2-6,8,12H2,1H3. The third-order valence-electron chi connectivity index (χ3n) is 2.89. The number of rotatable bonds is 4. The molecule has 1 aliphatic rings. The van der Waals surface area contributed by atoms with Gasteiger partial charge in [-0.05, 0) is 43.7 Å². The fourth-order valence-electron chi connectivity index (χ4n) is 1.83. The summed E-state index contributed by atoms with van der Waals surface area (Å²) in [6.45, 7) is 7.05. The summed E-state index contributed by atoms with van der Waals surface area (Å²) in [5.74, 6) is 1.57. The van der Waals surface area contributed by atoms with E-state index in [-0.39, 0.29) is 0 Å². The lowest BCUT2D eigenvalue weighted by Crippen LogP contribution is -2.17. The lowest BCUT2D eigenvalue weighted by atomic mass is 9.84. The fraction of sp³-hybridized carbons (Fsp3) is 0.727. The molecule has 74 valence electrons. The maximum atomic E-state index is 5.55. The van der Waals surface area contributed by atoms with Gasteiger partial charge >= 0.3 is 0 Å². The quantitative estimate of drug-likeness (QED) is 0.708. The fourth-order valence-corrected chi connectivity index (χ4v) is 1.83. The Kier molecular flexibility index (Phi) is 4.00. The van der Waals surface area contributed by atoms with Gasteiger partial charge in [0, 0.05) is 12.2 Å². The topological polar surface area (TPSA) is 38.4 Å². The van der Waals surface area contributed by atoms with Crippen LogP contribution in [0.1, 0.15) is 32.6 Å². The van der Waals surface area contributed by atoms with Crippen LogP contribution in [-0.4, -0.2) is 12.8 Å². The zero-order valence-electron chi connectivity index (χ0n) is 8.50. The molecule has 0 saturated heterocycles. The third-order valence-corrected chi connectivity index (χ3v) is 2.89. The molecular weight excluding hydrogens is 160 g/mol. The summed E-state index contributed by atoms with van der Waals surface area (Å²) in [7, 11) is 0. The van der Waals surface area contributed by atoms with Gasteiger partial charge < -0.3 is 5.73 Å². The van der Waals surface area contributed by atoms with E-state index in [0.29, 0.717) is 0 Å². The highest BCUT2D eigenvalue weighted by atomic mass is 14.7. The molecule has 0 radical (unpaired) electrons. The molecule has 0 saturated carbocycles. The van der Waals surface area contributed by atoms with Gasteiger partial charge in [-0.15, -0.1) is 0 Å². The average molecular weight is 180 g/mol. The summed E-state index contributed by atoms with van der Waals surface area (Å²) in [6.07, 6.45) is 6.61. The molecule has 0 aliphatic carbocycles. The Bertz CT molecular complexity index is 196. The average Bonchev–Trinajstić information content (AvgIpc) is 2.15. The van der Waals surface area contributed by atoms with Gasteiger partial charge in [0.2, 0.25) is 0 Å². The number of nitrogens with two attached hydrogens (primary N) is 1. The molecule has 1 rings (SSSR count). The van der Waals surface area contributed by atoms with Crippen molar-refractivity contribution in [2.45, 2.75) is 32.6 Å². The molecule has 0 amide bonds. The molecule has 2 nitrogen and oxygen atoms in total. The molecule has 13 heavy (non-hydrogen) atoms. The van der Waals surface area contributed by atoms with Crippen molar-refractivity contribution in [2.75, 3.05) is 6.54 Å². The van der Waals surface area contributed by atoms with E-state index in [0.717, 1.165) is 36.9 Å². The van der Waals surface area contributed by atoms with Crippen LogP contribution in [0.4, 0.5) is 0 Å². The van der Waals surface area contributed by atoms with E-state index in [9.17, 15) is 0 Å². The third kappa shape index (κ3) is 3.62. The molecule has 2 heteroatoms. The molecule has 0 spiro atoms. The summed E-state index contributed by atoms with van der Waals surface area (Å²) < 4.78 is 0. The summed E-state index contributed by atoms with van der Waals surface area (Å²) in [5.41, 5.74) is 6.37. The molecule has 2 unspecified atom stereocenters. The first kappa shape index (κ1) is 10.3. The second-order valence-electron chi connectivity index (χ2n) is 4.05. The highest BCUT2D eigenvalue weighted by Gasteiger charge is 2.17. The van der Waals surface area contributed by atoms with Gasteiger partial charge in [0.25, 0.3) is 0 Å². The molecular formula is C11H20N2. The first-order valence-corrected chi connectivity index (χ1v) is 5.11. The van der Waals surface area contributed by atoms with Crippen LogP contribution in [0, 0.1) is 11.8 Å². The minimum Gasteiger partial charge on any atom is -0.403 e. The lowest BCUT2D eigenvalue weighted by molar-refractivity contribution is 0.325. The van der Waals surface area contributed by atoms with E-state index in [2.05, 4.69) is 24.7 Å². The van der Waals surface area contributed by atoms with Gasteiger partial charge in [-0.3, -0.25) is 4.99 Å². The van der Waals surface area contributed by atoms with E-state index < -0.39 is 0 Å². The normalized spacial score (nSPS) is 24.2. The predicted molar refractivity (Wildman–Crippen MR) is 57.8 cm³/mol. The van der Waals surface area contributed by atoms with Crippen molar-refractivity contribution in [2.24, 2.45) is 22.6 Å². The van der Waals surface area contributed by atoms with E-state index in [4.69, 9.17) is 5.73 Å². The smallest absolute Gasteiger partial charge is 0.0388 e. The van der Waals surface area contributed by atoms with Crippen LogP contribution in [-0.2, 0) is 0 Å². The summed E-state index contributed by atoms with van der Waals surface area (Å²) in [5, 5.41) is 0. The Labute approximate surface area is 80.9 Å². The minimum atomic E-state index is 0.757. The van der Waals surface area contributed by atoms with Crippen molar-refractivity contribution in [3.05, 3.63) is 12.3 Å². The van der Waals surface area contributed by atoms with Crippen molar-refractivity contribution in [3.63, 3.8) is 0 Å². The summed E-state index contributed by atoms with van der Waals surface area (Å²) >= 11 is 0. The maximum absolute atomic E-state index is 5.55. The number of aliphatic imine (C=N–C) groups is 1. The van der Waals surface area contributed by atoms with Gasteiger partial charge in [0.15, 0.2) is 0 Å². The number of hydrogen-bond acceptors (Lipinski definition) is 2. The summed E-state index contributed by atoms with van der Waals surface area (Å²) in [4.78, 5) is 4.24. The zero-order chi connectivity index (χ0) is 9.68. The van der Waals surface area contributed by atoms with Gasteiger partial charge in [0.05, 0.1) is 0 Å². The first-order valence-electron chi connectivity index (χ1n) is 5.11. The first-order chi connectivity index (χ1) is 6.20. The van der Waals surface area contributed by atoms with E-state index >= 15 is 0 Å². The Hall–Kier alpha value is -0.790. The van der Waals surface area contributed by atoms with Gasteiger partial charge in [-0.2, -0.15) is 0 Å². The maximum Gasteiger partial charge on any atom is 0.0388 e. The van der Waals surface area contributed by atoms with Crippen LogP contribution >= 0.6 is 0 Å². The Morgan fingerprint density at radius 2 is 2.54 bits per heavy atom. The molecule has 1 aliphatic heterocycles. The molecule has 0 aromatic carbocycles. The molecule has 0 bridgehead atoms. The van der Waals surface area contributed by atoms with Crippen molar-refractivity contribution >= 4 is 6.21 Å². The van der Waals surface area contributed by atoms with E-state index in [1.165, 1.54) is 12.8 Å². The van der Waals surface area contributed by atoms with Crippen LogP contribution < -0.4 is 5.73 Å². The largest absolute Gasteiger partial charge is 0.403 e. The monoisotopic (exact) mass is 180 g/mol.